The molecule has 1 amide bonds. The fraction of sp³-hybridized carbons (Fsp3) is 0.591. The number of carbonyl (C=O) groups excluding carboxylic acids is 1. The normalized spacial score (nSPS) is 23.0. The Kier molecular flexibility index (Phi) is 5.59. The third-order valence-electron chi connectivity index (χ3n) is 6.18. The molecular formula is C22H31N3O. The summed E-state index contributed by atoms with van der Waals surface area (Å²) in [4.78, 5) is 18.5. The van der Waals surface area contributed by atoms with E-state index in [1.54, 1.807) is 0 Å². The lowest BCUT2D eigenvalue weighted by atomic mass is 9.99. The molecule has 1 saturated heterocycles. The largest absolute Gasteiger partial charge is 0.361 e. The van der Waals surface area contributed by atoms with Gasteiger partial charge in [0.2, 0.25) is 5.91 Å². The minimum absolute atomic E-state index is 0.155. The molecule has 0 bridgehead atoms. The van der Waals surface area contributed by atoms with Crippen LogP contribution >= 0.6 is 0 Å². The first-order chi connectivity index (χ1) is 12.8. The number of aromatic amines is 1. The van der Waals surface area contributed by atoms with Crippen molar-refractivity contribution in [2.24, 2.45) is 0 Å². The van der Waals surface area contributed by atoms with Gasteiger partial charge in [0, 0.05) is 35.7 Å². The maximum atomic E-state index is 12.6. The Labute approximate surface area is 156 Å². The summed E-state index contributed by atoms with van der Waals surface area (Å²) in [7, 11) is 0. The molecule has 2 heterocycles. The van der Waals surface area contributed by atoms with Crippen LogP contribution in [0.4, 0.5) is 0 Å². The molecule has 2 fully saturated rings. The molecule has 4 nitrogen and oxygen atoms in total. The summed E-state index contributed by atoms with van der Waals surface area (Å²) in [5.74, 6) is 0.155. The van der Waals surface area contributed by atoms with Crippen LogP contribution in [-0.2, 0) is 11.2 Å². The Hall–Kier alpha value is -1.81. The number of nitrogens with zero attached hydrogens (tertiary/aromatic N) is 1. The van der Waals surface area contributed by atoms with Gasteiger partial charge in [-0.15, -0.1) is 0 Å². The number of fused-ring (bicyclic) bond motifs is 1. The monoisotopic (exact) mass is 353 g/mol. The van der Waals surface area contributed by atoms with E-state index in [0.29, 0.717) is 12.5 Å². The van der Waals surface area contributed by atoms with Crippen molar-refractivity contribution < 1.29 is 4.79 Å². The highest BCUT2D eigenvalue weighted by Gasteiger charge is 2.27. The zero-order chi connectivity index (χ0) is 17.8. The van der Waals surface area contributed by atoms with Crippen LogP contribution in [-0.4, -0.2) is 41.0 Å². The first-order valence-electron chi connectivity index (χ1n) is 10.4. The lowest BCUT2D eigenvalue weighted by molar-refractivity contribution is -0.121. The van der Waals surface area contributed by atoms with Gasteiger partial charge in [0.25, 0.3) is 0 Å². The second kappa shape index (κ2) is 8.26. The van der Waals surface area contributed by atoms with Crippen LogP contribution in [0.3, 0.4) is 0 Å². The van der Waals surface area contributed by atoms with Crippen molar-refractivity contribution >= 4 is 16.8 Å². The number of para-hydroxylation sites is 1. The number of amides is 1. The molecular weight excluding hydrogens is 322 g/mol. The van der Waals surface area contributed by atoms with Crippen LogP contribution in [0.25, 0.3) is 10.9 Å². The summed E-state index contributed by atoms with van der Waals surface area (Å²) in [6.07, 6.45) is 13.0. The van der Waals surface area contributed by atoms with E-state index >= 15 is 0 Å². The number of aromatic nitrogens is 1. The fourth-order valence-electron chi connectivity index (χ4n) is 4.81. The number of hydrogen-bond acceptors (Lipinski definition) is 2. The second-order valence-electron chi connectivity index (χ2n) is 8.08. The molecule has 2 aromatic rings. The number of hydrogen-bond donors (Lipinski definition) is 2. The van der Waals surface area contributed by atoms with E-state index in [4.69, 9.17) is 0 Å². The summed E-state index contributed by atoms with van der Waals surface area (Å²) in [6.45, 7) is 2.24. The molecule has 2 aliphatic rings. The van der Waals surface area contributed by atoms with E-state index < -0.39 is 0 Å². The molecule has 1 aliphatic heterocycles. The average Bonchev–Trinajstić information content (AvgIpc) is 2.88. The van der Waals surface area contributed by atoms with Gasteiger partial charge in [-0.2, -0.15) is 0 Å². The van der Waals surface area contributed by atoms with E-state index in [2.05, 4.69) is 27.3 Å². The van der Waals surface area contributed by atoms with Gasteiger partial charge in [-0.05, 0) is 43.9 Å². The number of nitrogens with one attached hydrogen (secondary N) is 2. The smallest absolute Gasteiger partial charge is 0.224 e. The highest BCUT2D eigenvalue weighted by molar-refractivity contribution is 5.88. The maximum Gasteiger partial charge on any atom is 0.224 e. The van der Waals surface area contributed by atoms with Gasteiger partial charge < -0.3 is 10.3 Å². The van der Waals surface area contributed by atoms with E-state index in [-0.39, 0.29) is 5.91 Å². The van der Waals surface area contributed by atoms with Gasteiger partial charge in [-0.3, -0.25) is 9.69 Å². The van der Waals surface area contributed by atoms with E-state index in [9.17, 15) is 4.79 Å². The summed E-state index contributed by atoms with van der Waals surface area (Å²) >= 11 is 0. The molecule has 1 aromatic heterocycles. The van der Waals surface area contributed by atoms with Crippen molar-refractivity contribution in [2.45, 2.75) is 69.9 Å². The van der Waals surface area contributed by atoms with E-state index in [0.717, 1.165) is 35.5 Å². The third-order valence-corrected chi connectivity index (χ3v) is 6.18. The number of piperidine rings is 1. The number of rotatable bonds is 4. The van der Waals surface area contributed by atoms with E-state index in [1.165, 1.54) is 51.5 Å². The van der Waals surface area contributed by atoms with Crippen molar-refractivity contribution in [1.29, 1.82) is 0 Å². The molecule has 1 atom stereocenters. The van der Waals surface area contributed by atoms with Crippen LogP contribution in [0.1, 0.15) is 56.9 Å². The molecule has 0 unspecified atom stereocenters. The summed E-state index contributed by atoms with van der Waals surface area (Å²) in [5.41, 5.74) is 2.20. The third kappa shape index (κ3) is 4.12. The maximum absolute atomic E-state index is 12.6. The standard InChI is InChI=1S/C22H31N3O/c26-22(14-17-15-23-21-12-6-5-11-20(17)21)24-18-8-7-13-25(16-18)19-9-3-1-2-4-10-19/h5-6,11-12,15,18-19,23H,1-4,7-10,13-14,16H2,(H,24,26)/t18-/m0/s1. The quantitative estimate of drug-likeness (QED) is 0.816. The van der Waals surface area contributed by atoms with Gasteiger partial charge in [0.1, 0.15) is 0 Å². The molecule has 1 aliphatic carbocycles. The molecule has 26 heavy (non-hydrogen) atoms. The lowest BCUT2D eigenvalue weighted by Crippen LogP contribution is -2.51. The Morgan fingerprint density at radius 1 is 1.08 bits per heavy atom. The van der Waals surface area contributed by atoms with Crippen molar-refractivity contribution in [3.05, 3.63) is 36.0 Å². The summed E-state index contributed by atoms with van der Waals surface area (Å²) in [5, 5.41) is 4.47. The number of carbonyl (C=O) groups is 1. The summed E-state index contributed by atoms with van der Waals surface area (Å²) < 4.78 is 0. The zero-order valence-corrected chi connectivity index (χ0v) is 15.7. The first-order valence-corrected chi connectivity index (χ1v) is 10.4. The van der Waals surface area contributed by atoms with Crippen LogP contribution < -0.4 is 5.32 Å². The zero-order valence-electron chi connectivity index (χ0n) is 15.7. The fourth-order valence-corrected chi connectivity index (χ4v) is 4.81. The molecule has 1 aromatic carbocycles. The Balaban J connectivity index is 1.33. The second-order valence-corrected chi connectivity index (χ2v) is 8.08. The molecule has 1 saturated carbocycles. The molecule has 140 valence electrons. The average molecular weight is 354 g/mol. The molecule has 0 spiro atoms. The van der Waals surface area contributed by atoms with E-state index in [1.807, 2.05) is 18.3 Å². The van der Waals surface area contributed by atoms with Gasteiger partial charge in [0.15, 0.2) is 0 Å². The predicted molar refractivity (Wildman–Crippen MR) is 106 cm³/mol. The molecule has 4 rings (SSSR count). The minimum atomic E-state index is 0.155. The molecule has 2 N–H and O–H groups in total. The van der Waals surface area contributed by atoms with Gasteiger partial charge in [0.05, 0.1) is 6.42 Å². The van der Waals surface area contributed by atoms with Crippen LogP contribution in [0.2, 0.25) is 0 Å². The molecule has 4 heteroatoms. The topological polar surface area (TPSA) is 48.1 Å². The lowest BCUT2D eigenvalue weighted by Gasteiger charge is -2.38. The Morgan fingerprint density at radius 2 is 1.88 bits per heavy atom. The Morgan fingerprint density at radius 3 is 2.73 bits per heavy atom. The Bertz CT molecular complexity index is 730. The van der Waals surface area contributed by atoms with Crippen molar-refractivity contribution in [3.8, 4) is 0 Å². The first kappa shape index (κ1) is 17.6. The van der Waals surface area contributed by atoms with Gasteiger partial charge in [-0.1, -0.05) is 43.9 Å². The SMILES string of the molecule is O=C(Cc1c[nH]c2ccccc12)N[C@H]1CCCN(C2CCCCCC2)C1. The van der Waals surface area contributed by atoms with Crippen molar-refractivity contribution in [1.82, 2.24) is 15.2 Å². The minimum Gasteiger partial charge on any atom is -0.361 e. The highest BCUT2D eigenvalue weighted by atomic mass is 16.1. The molecule has 0 radical (unpaired) electrons. The predicted octanol–water partition coefficient (Wildman–Crippen LogP) is 4.01. The number of likely N-dealkylation sites (tertiary alicyclic amines) is 1. The summed E-state index contributed by atoms with van der Waals surface area (Å²) in [6, 6.07) is 9.25. The van der Waals surface area contributed by atoms with Crippen molar-refractivity contribution in [3.63, 3.8) is 0 Å². The number of H-pyrrole nitrogens is 1. The van der Waals surface area contributed by atoms with Crippen LogP contribution in [0, 0.1) is 0 Å². The highest BCUT2D eigenvalue weighted by Crippen LogP contribution is 2.25. The van der Waals surface area contributed by atoms with Crippen molar-refractivity contribution in [2.75, 3.05) is 13.1 Å². The van der Waals surface area contributed by atoms with Gasteiger partial charge in [-0.25, -0.2) is 0 Å². The van der Waals surface area contributed by atoms with Crippen LogP contribution in [0.5, 0.6) is 0 Å². The van der Waals surface area contributed by atoms with Gasteiger partial charge >= 0.3 is 0 Å². The van der Waals surface area contributed by atoms with Crippen LogP contribution in [0.15, 0.2) is 30.5 Å². The number of benzene rings is 1.